The van der Waals surface area contributed by atoms with Gasteiger partial charge in [0.15, 0.2) is 5.65 Å². The molecule has 1 aliphatic rings. The van der Waals surface area contributed by atoms with Crippen LogP contribution in [0.4, 0.5) is 0 Å². The number of aromatic amines is 1. The number of H-pyrrole nitrogens is 1. The molecule has 4 heterocycles. The minimum atomic E-state index is 0.0513. The number of piperidine rings is 1. The molecule has 5 heteroatoms. The van der Waals surface area contributed by atoms with Crippen LogP contribution in [0.1, 0.15) is 38.3 Å². The van der Waals surface area contributed by atoms with Crippen LogP contribution in [0.5, 0.6) is 0 Å². The minimum Gasteiger partial charge on any atom is -0.364 e. The first kappa shape index (κ1) is 15.1. The van der Waals surface area contributed by atoms with E-state index >= 15 is 0 Å². The summed E-state index contributed by atoms with van der Waals surface area (Å²) in [7, 11) is 0. The number of pyridine rings is 2. The van der Waals surface area contributed by atoms with Gasteiger partial charge in [-0.25, -0.2) is 9.97 Å². The summed E-state index contributed by atoms with van der Waals surface area (Å²) in [5, 5.41) is 3.41. The number of carbonyl (C=O) groups is 1. The Morgan fingerprint density at radius 1 is 1.33 bits per heavy atom. The number of aromatic nitrogens is 3. The van der Waals surface area contributed by atoms with Crippen LogP contribution in [0, 0.1) is 5.92 Å². The van der Waals surface area contributed by atoms with Crippen molar-refractivity contribution in [2.45, 2.75) is 32.6 Å². The van der Waals surface area contributed by atoms with Crippen molar-refractivity contribution in [2.24, 2.45) is 5.92 Å². The summed E-state index contributed by atoms with van der Waals surface area (Å²) in [6, 6.07) is 4.08. The molecule has 1 amide bonds. The third-order valence-electron chi connectivity index (χ3n) is 4.97. The fourth-order valence-electron chi connectivity index (χ4n) is 3.80. The van der Waals surface area contributed by atoms with E-state index in [2.05, 4.69) is 21.0 Å². The molecule has 0 radical (unpaired) electrons. The van der Waals surface area contributed by atoms with Gasteiger partial charge >= 0.3 is 0 Å². The molecule has 1 N–H and O–H groups in total. The molecule has 124 valence electrons. The lowest BCUT2D eigenvalue weighted by atomic mass is 9.90. The second-order valence-corrected chi connectivity index (χ2v) is 6.94. The third-order valence-corrected chi connectivity index (χ3v) is 4.97. The minimum absolute atomic E-state index is 0.0513. The van der Waals surface area contributed by atoms with Crippen LogP contribution in [0.3, 0.4) is 0 Å². The number of likely N-dealkylation sites (tertiary alicyclic amines) is 1. The van der Waals surface area contributed by atoms with Crippen molar-refractivity contribution >= 4 is 27.7 Å². The van der Waals surface area contributed by atoms with E-state index in [1.54, 1.807) is 0 Å². The first-order valence-electron chi connectivity index (χ1n) is 8.64. The molecule has 3 aromatic rings. The monoisotopic (exact) mass is 322 g/mol. The van der Waals surface area contributed by atoms with E-state index in [0.717, 1.165) is 42.4 Å². The molecule has 1 atom stereocenters. The van der Waals surface area contributed by atoms with Gasteiger partial charge in [-0.2, -0.15) is 0 Å². The number of carbonyl (C=O) groups excluding carboxylic acids is 1. The molecule has 0 aromatic carbocycles. The number of hydrogen-bond acceptors (Lipinski definition) is 3. The van der Waals surface area contributed by atoms with E-state index in [9.17, 15) is 4.79 Å². The van der Waals surface area contributed by atoms with Gasteiger partial charge in [0.1, 0.15) is 0 Å². The fraction of sp³-hybridized carbons (Fsp3) is 0.421. The average molecular weight is 322 g/mol. The van der Waals surface area contributed by atoms with Crippen LogP contribution < -0.4 is 0 Å². The highest BCUT2D eigenvalue weighted by Gasteiger charge is 2.27. The maximum atomic E-state index is 12.4. The number of nitrogens with one attached hydrogen (secondary N) is 1. The molecule has 1 unspecified atom stereocenters. The van der Waals surface area contributed by atoms with E-state index in [-0.39, 0.29) is 11.8 Å². The van der Waals surface area contributed by atoms with Crippen LogP contribution in [-0.2, 0) is 4.79 Å². The Labute approximate surface area is 141 Å². The highest BCUT2D eigenvalue weighted by molar-refractivity contribution is 6.05. The summed E-state index contributed by atoms with van der Waals surface area (Å²) >= 11 is 0. The molecular formula is C19H22N4O. The summed E-state index contributed by atoms with van der Waals surface area (Å²) in [6.07, 6.45) is 7.81. The average Bonchev–Trinajstić information content (AvgIpc) is 3.09. The molecule has 3 aromatic heterocycles. The summed E-state index contributed by atoms with van der Waals surface area (Å²) < 4.78 is 0. The smallest absolute Gasteiger partial charge is 0.225 e. The number of amides is 1. The van der Waals surface area contributed by atoms with Crippen LogP contribution in [0.25, 0.3) is 21.8 Å². The molecule has 1 saturated heterocycles. The van der Waals surface area contributed by atoms with Gasteiger partial charge in [-0.15, -0.1) is 0 Å². The maximum absolute atomic E-state index is 12.4. The van der Waals surface area contributed by atoms with Crippen molar-refractivity contribution < 1.29 is 4.79 Å². The molecule has 0 spiro atoms. The molecular weight excluding hydrogens is 300 g/mol. The number of nitrogens with zero attached hydrogens (tertiary/aromatic N) is 3. The fourth-order valence-corrected chi connectivity index (χ4v) is 3.80. The van der Waals surface area contributed by atoms with Crippen molar-refractivity contribution in [1.82, 2.24) is 19.9 Å². The Hall–Kier alpha value is -2.43. The van der Waals surface area contributed by atoms with Gasteiger partial charge in [0.05, 0.1) is 0 Å². The predicted octanol–water partition coefficient (Wildman–Crippen LogP) is 3.47. The Kier molecular flexibility index (Phi) is 3.71. The SMILES string of the molecule is CC(C)C(=O)N1CCCC(c2[nH]ccc3cnc4nccc4c23)C1. The van der Waals surface area contributed by atoms with Gasteiger partial charge in [-0.1, -0.05) is 13.8 Å². The molecule has 5 nitrogen and oxygen atoms in total. The lowest BCUT2D eigenvalue weighted by molar-refractivity contribution is -0.135. The van der Waals surface area contributed by atoms with Crippen molar-refractivity contribution in [3.63, 3.8) is 0 Å². The van der Waals surface area contributed by atoms with E-state index < -0.39 is 0 Å². The molecule has 0 saturated carbocycles. The summed E-state index contributed by atoms with van der Waals surface area (Å²) in [6.45, 7) is 5.60. The first-order chi connectivity index (χ1) is 11.6. The zero-order valence-electron chi connectivity index (χ0n) is 14.1. The molecule has 0 bridgehead atoms. The number of rotatable bonds is 2. The largest absolute Gasteiger partial charge is 0.364 e. The van der Waals surface area contributed by atoms with Gasteiger partial charge in [-0.3, -0.25) is 4.79 Å². The van der Waals surface area contributed by atoms with E-state index in [4.69, 9.17) is 0 Å². The second-order valence-electron chi connectivity index (χ2n) is 6.94. The highest BCUT2D eigenvalue weighted by Crippen LogP contribution is 2.34. The Morgan fingerprint density at radius 3 is 3.04 bits per heavy atom. The molecule has 1 fully saturated rings. The van der Waals surface area contributed by atoms with E-state index in [1.165, 1.54) is 11.1 Å². The summed E-state index contributed by atoms with van der Waals surface area (Å²) in [5.41, 5.74) is 1.99. The number of fused-ring (bicyclic) bond motifs is 3. The van der Waals surface area contributed by atoms with Crippen molar-refractivity contribution in [3.05, 3.63) is 36.4 Å². The predicted molar refractivity (Wildman–Crippen MR) is 94.8 cm³/mol. The molecule has 4 rings (SSSR count). The van der Waals surface area contributed by atoms with Gasteiger partial charge in [0, 0.05) is 65.4 Å². The van der Waals surface area contributed by atoms with Crippen LogP contribution in [0.2, 0.25) is 0 Å². The van der Waals surface area contributed by atoms with E-state index in [1.807, 2.05) is 43.4 Å². The Morgan fingerprint density at radius 2 is 2.21 bits per heavy atom. The van der Waals surface area contributed by atoms with Gasteiger partial charge < -0.3 is 9.88 Å². The Bertz CT molecular complexity index is 899. The molecule has 1 aliphatic heterocycles. The topological polar surface area (TPSA) is 61.9 Å². The van der Waals surface area contributed by atoms with E-state index in [0.29, 0.717) is 5.92 Å². The first-order valence-corrected chi connectivity index (χ1v) is 8.64. The third kappa shape index (κ3) is 2.44. The summed E-state index contributed by atoms with van der Waals surface area (Å²) in [5.74, 6) is 0.628. The molecule has 24 heavy (non-hydrogen) atoms. The normalized spacial score (nSPS) is 18.6. The van der Waals surface area contributed by atoms with Crippen molar-refractivity contribution in [3.8, 4) is 0 Å². The van der Waals surface area contributed by atoms with Gasteiger partial charge in [0.25, 0.3) is 0 Å². The lowest BCUT2D eigenvalue weighted by Crippen LogP contribution is -2.41. The summed E-state index contributed by atoms with van der Waals surface area (Å²) in [4.78, 5) is 26.6. The molecule has 0 aliphatic carbocycles. The number of hydrogen-bond donors (Lipinski definition) is 1. The standard InChI is InChI=1S/C19H22N4O/c1-12(2)19(24)23-9-3-4-14(11-23)17-16-13(5-7-20-17)10-22-18-15(16)6-8-21-18/h5-8,10,12,14,20H,3-4,9,11H2,1-2H3. The highest BCUT2D eigenvalue weighted by atomic mass is 16.2. The van der Waals surface area contributed by atoms with Crippen molar-refractivity contribution in [2.75, 3.05) is 13.1 Å². The van der Waals surface area contributed by atoms with Crippen LogP contribution >= 0.6 is 0 Å². The quantitative estimate of drug-likeness (QED) is 0.786. The van der Waals surface area contributed by atoms with Crippen molar-refractivity contribution in [1.29, 1.82) is 0 Å². The van der Waals surface area contributed by atoms with Gasteiger partial charge in [-0.05, 0) is 25.0 Å². The zero-order chi connectivity index (χ0) is 16.7. The van der Waals surface area contributed by atoms with Gasteiger partial charge in [0.2, 0.25) is 5.91 Å². The lowest BCUT2D eigenvalue weighted by Gasteiger charge is -2.34. The van der Waals surface area contributed by atoms with Crippen LogP contribution in [-0.4, -0.2) is 38.8 Å². The second kappa shape index (κ2) is 5.89. The zero-order valence-corrected chi connectivity index (χ0v) is 14.1. The Balaban J connectivity index is 1.78. The van der Waals surface area contributed by atoms with Crippen LogP contribution in [0.15, 0.2) is 30.7 Å². The maximum Gasteiger partial charge on any atom is 0.225 e.